The van der Waals surface area contributed by atoms with Crippen LogP contribution in [-0.4, -0.2) is 12.5 Å². The van der Waals surface area contributed by atoms with Gasteiger partial charge < -0.3 is 5.32 Å². The summed E-state index contributed by atoms with van der Waals surface area (Å²) in [4.78, 5) is 12.7. The van der Waals surface area contributed by atoms with Crippen molar-refractivity contribution >= 4 is 23.3 Å². The first-order chi connectivity index (χ1) is 8.19. The van der Waals surface area contributed by atoms with Gasteiger partial charge in [0.2, 0.25) is 0 Å². The van der Waals surface area contributed by atoms with Crippen molar-refractivity contribution in [3.8, 4) is 6.07 Å². The number of hydrogen-bond donors (Lipinski definition) is 1. The van der Waals surface area contributed by atoms with Gasteiger partial charge in [-0.05, 0) is 36.4 Å². The molecule has 0 aliphatic carbocycles. The third kappa shape index (κ3) is 4.04. The van der Waals surface area contributed by atoms with Gasteiger partial charge >= 0.3 is 0 Å². The van der Waals surface area contributed by atoms with Crippen LogP contribution in [-0.2, 0) is 4.79 Å². The summed E-state index contributed by atoms with van der Waals surface area (Å²) in [7, 11) is 0. The lowest BCUT2D eigenvalue weighted by molar-refractivity contribution is -0.117. The van der Waals surface area contributed by atoms with Crippen LogP contribution >= 0.6 is 11.3 Å². The minimum absolute atomic E-state index is 0.173. The third-order valence-corrected chi connectivity index (χ3v) is 3.32. The Hall–Kier alpha value is -1.60. The number of hydrogen-bond acceptors (Lipinski definition) is 3. The van der Waals surface area contributed by atoms with Gasteiger partial charge in [0.15, 0.2) is 0 Å². The van der Waals surface area contributed by atoms with Crippen LogP contribution in [0.25, 0.3) is 6.08 Å². The van der Waals surface area contributed by atoms with E-state index in [1.807, 2.05) is 24.4 Å². The summed E-state index contributed by atoms with van der Waals surface area (Å²) in [6.45, 7) is 4.65. The minimum atomic E-state index is -0.284. The fourth-order valence-electron chi connectivity index (χ4n) is 1.29. The van der Waals surface area contributed by atoms with Crippen molar-refractivity contribution in [2.24, 2.45) is 0 Å². The van der Waals surface area contributed by atoms with Gasteiger partial charge in [-0.15, -0.1) is 11.3 Å². The summed E-state index contributed by atoms with van der Waals surface area (Å²) in [6, 6.07) is 3.92. The molecule has 0 atom stereocenters. The summed E-state index contributed by atoms with van der Waals surface area (Å²) >= 11 is 1.53. The maximum atomic E-state index is 11.7. The van der Waals surface area contributed by atoms with Crippen LogP contribution < -0.4 is 5.32 Å². The van der Waals surface area contributed by atoms with E-state index in [2.05, 4.69) is 12.2 Å². The zero-order chi connectivity index (χ0) is 12.7. The van der Waals surface area contributed by atoms with Gasteiger partial charge in [0.25, 0.3) is 5.91 Å². The molecule has 0 saturated heterocycles. The first-order valence-corrected chi connectivity index (χ1v) is 6.51. The molecule has 3 nitrogen and oxygen atoms in total. The number of rotatable bonds is 5. The molecule has 1 heterocycles. The molecule has 0 spiro atoms. The number of unbranched alkanes of at least 4 members (excludes halogenated alkanes) is 1. The van der Waals surface area contributed by atoms with Crippen LogP contribution in [0.5, 0.6) is 0 Å². The Morgan fingerprint density at radius 1 is 1.65 bits per heavy atom. The number of nitriles is 1. The van der Waals surface area contributed by atoms with E-state index in [0.29, 0.717) is 6.54 Å². The van der Waals surface area contributed by atoms with E-state index in [4.69, 9.17) is 5.26 Å². The number of amides is 1. The predicted molar refractivity (Wildman–Crippen MR) is 70.6 cm³/mol. The fraction of sp³-hybridized carbons (Fsp3) is 0.385. The third-order valence-electron chi connectivity index (χ3n) is 2.36. The Kier molecular flexibility index (Phi) is 5.44. The molecule has 1 aromatic rings. The Labute approximate surface area is 106 Å². The van der Waals surface area contributed by atoms with Crippen molar-refractivity contribution in [3.63, 3.8) is 0 Å². The standard InChI is InChI=1S/C13H16N2OS/c1-3-4-6-15-13(16)11(9-14)8-12-10(2)5-7-17-12/h5,7-8H,3-4,6H2,1-2H3,(H,15,16)/b11-8-. The maximum absolute atomic E-state index is 11.7. The zero-order valence-corrected chi connectivity index (χ0v) is 10.9. The van der Waals surface area contributed by atoms with Gasteiger partial charge in [0, 0.05) is 11.4 Å². The molecule has 1 aromatic heterocycles. The second-order valence-corrected chi connectivity index (χ2v) is 4.69. The Morgan fingerprint density at radius 2 is 2.41 bits per heavy atom. The van der Waals surface area contributed by atoms with Gasteiger partial charge in [-0.2, -0.15) is 5.26 Å². The maximum Gasteiger partial charge on any atom is 0.261 e. The summed E-state index contributed by atoms with van der Waals surface area (Å²) < 4.78 is 0. The van der Waals surface area contributed by atoms with E-state index in [-0.39, 0.29) is 11.5 Å². The van der Waals surface area contributed by atoms with E-state index in [0.717, 1.165) is 23.3 Å². The highest BCUT2D eigenvalue weighted by molar-refractivity contribution is 7.11. The summed E-state index contributed by atoms with van der Waals surface area (Å²) in [5.41, 5.74) is 1.26. The molecule has 1 rings (SSSR count). The molecule has 0 fully saturated rings. The van der Waals surface area contributed by atoms with E-state index < -0.39 is 0 Å². The molecule has 0 radical (unpaired) electrons. The topological polar surface area (TPSA) is 52.9 Å². The number of thiophene rings is 1. The Bertz CT molecular complexity index is 454. The number of aryl methyl sites for hydroxylation is 1. The molecule has 17 heavy (non-hydrogen) atoms. The van der Waals surface area contributed by atoms with Crippen molar-refractivity contribution in [1.82, 2.24) is 5.32 Å². The molecule has 0 bridgehead atoms. The largest absolute Gasteiger partial charge is 0.351 e. The molecule has 1 amide bonds. The molecular formula is C13H16N2OS. The van der Waals surface area contributed by atoms with E-state index in [9.17, 15) is 4.79 Å². The van der Waals surface area contributed by atoms with Gasteiger partial charge in [-0.3, -0.25) is 4.79 Å². The quantitative estimate of drug-likeness (QED) is 0.495. The lowest BCUT2D eigenvalue weighted by Crippen LogP contribution is -2.25. The van der Waals surface area contributed by atoms with Crippen LogP contribution in [0.2, 0.25) is 0 Å². The first-order valence-electron chi connectivity index (χ1n) is 5.63. The van der Waals surface area contributed by atoms with Gasteiger partial charge in [0.05, 0.1) is 0 Å². The zero-order valence-electron chi connectivity index (χ0n) is 10.1. The highest BCUT2D eigenvalue weighted by Crippen LogP contribution is 2.18. The molecular weight excluding hydrogens is 232 g/mol. The van der Waals surface area contributed by atoms with E-state index >= 15 is 0 Å². The van der Waals surface area contributed by atoms with E-state index in [1.54, 1.807) is 6.08 Å². The lowest BCUT2D eigenvalue weighted by atomic mass is 10.2. The second kappa shape index (κ2) is 6.87. The van der Waals surface area contributed by atoms with Crippen molar-refractivity contribution < 1.29 is 4.79 Å². The Balaban J connectivity index is 2.72. The molecule has 4 heteroatoms. The highest BCUT2D eigenvalue weighted by Gasteiger charge is 2.09. The average Bonchev–Trinajstić information content (AvgIpc) is 2.72. The van der Waals surface area contributed by atoms with Crippen molar-refractivity contribution in [2.45, 2.75) is 26.7 Å². The van der Waals surface area contributed by atoms with Crippen LogP contribution in [0.1, 0.15) is 30.2 Å². The fourth-order valence-corrected chi connectivity index (χ4v) is 2.14. The molecule has 0 aliphatic rings. The summed E-state index contributed by atoms with van der Waals surface area (Å²) in [6.07, 6.45) is 3.61. The molecule has 1 N–H and O–H groups in total. The summed E-state index contributed by atoms with van der Waals surface area (Å²) in [5, 5.41) is 13.7. The smallest absolute Gasteiger partial charge is 0.261 e. The van der Waals surface area contributed by atoms with Crippen molar-refractivity contribution in [3.05, 3.63) is 27.5 Å². The van der Waals surface area contributed by atoms with Crippen LogP contribution in [0.15, 0.2) is 17.0 Å². The SMILES string of the molecule is CCCCNC(=O)/C(C#N)=C\c1sccc1C. The Morgan fingerprint density at radius 3 is 2.94 bits per heavy atom. The number of nitrogens with one attached hydrogen (secondary N) is 1. The number of nitrogens with zero attached hydrogens (tertiary/aromatic N) is 1. The monoisotopic (exact) mass is 248 g/mol. The van der Waals surface area contributed by atoms with Gasteiger partial charge in [-0.1, -0.05) is 13.3 Å². The molecule has 90 valence electrons. The molecule has 0 unspecified atom stereocenters. The average molecular weight is 248 g/mol. The van der Waals surface area contributed by atoms with Gasteiger partial charge in [-0.25, -0.2) is 0 Å². The minimum Gasteiger partial charge on any atom is -0.351 e. The van der Waals surface area contributed by atoms with Crippen LogP contribution in [0, 0.1) is 18.3 Å². The summed E-state index contributed by atoms with van der Waals surface area (Å²) in [5.74, 6) is -0.284. The first kappa shape index (κ1) is 13.5. The van der Waals surface area contributed by atoms with Crippen LogP contribution in [0.4, 0.5) is 0 Å². The highest BCUT2D eigenvalue weighted by atomic mass is 32.1. The molecule has 0 saturated carbocycles. The molecule has 0 aromatic carbocycles. The predicted octanol–water partition coefficient (Wildman–Crippen LogP) is 2.88. The second-order valence-electron chi connectivity index (χ2n) is 3.75. The van der Waals surface area contributed by atoms with Crippen molar-refractivity contribution in [2.75, 3.05) is 6.54 Å². The van der Waals surface area contributed by atoms with Crippen LogP contribution in [0.3, 0.4) is 0 Å². The van der Waals surface area contributed by atoms with Gasteiger partial charge in [0.1, 0.15) is 11.6 Å². The number of carbonyl (C=O) groups excluding carboxylic acids is 1. The van der Waals surface area contributed by atoms with Crippen molar-refractivity contribution in [1.29, 1.82) is 5.26 Å². The normalized spacial score (nSPS) is 11.0. The lowest BCUT2D eigenvalue weighted by Gasteiger charge is -2.02. The molecule has 0 aliphatic heterocycles. The number of carbonyl (C=O) groups is 1. The van der Waals surface area contributed by atoms with E-state index in [1.165, 1.54) is 11.3 Å².